The molecule has 0 aliphatic rings. The van der Waals surface area contributed by atoms with Crippen LogP contribution in [0.3, 0.4) is 0 Å². The predicted octanol–water partition coefficient (Wildman–Crippen LogP) is 4.08. The molecule has 0 saturated heterocycles. The number of benzene rings is 2. The minimum atomic E-state index is -0.889. The highest BCUT2D eigenvalue weighted by atomic mass is 79.9. The van der Waals surface area contributed by atoms with Crippen molar-refractivity contribution in [2.75, 3.05) is 7.11 Å². The van der Waals surface area contributed by atoms with E-state index in [9.17, 15) is 14.5 Å². The Hall–Kier alpha value is -2.15. The van der Waals surface area contributed by atoms with Crippen LogP contribution in [0.2, 0.25) is 0 Å². The predicted molar refractivity (Wildman–Crippen MR) is 78.1 cm³/mol. The second kappa shape index (κ2) is 6.53. The molecule has 0 fully saturated rings. The summed E-state index contributed by atoms with van der Waals surface area (Å²) >= 11 is 3.34. The molecule has 2 rings (SSSR count). The normalized spacial score (nSPS) is 10.2. The molecule has 0 amide bonds. The number of para-hydroxylation sites is 1. The number of nitro groups is 1. The van der Waals surface area contributed by atoms with E-state index in [4.69, 9.17) is 9.47 Å². The van der Waals surface area contributed by atoms with Crippen molar-refractivity contribution in [1.82, 2.24) is 0 Å². The zero-order valence-corrected chi connectivity index (χ0v) is 12.6. The lowest BCUT2D eigenvalue weighted by atomic mass is 10.2. The van der Waals surface area contributed by atoms with Crippen molar-refractivity contribution < 1.29 is 18.8 Å². The molecule has 0 N–H and O–H groups in total. The highest BCUT2D eigenvalue weighted by Crippen LogP contribution is 2.35. The second-order valence-corrected chi connectivity index (χ2v) is 4.96. The van der Waals surface area contributed by atoms with Gasteiger partial charge in [0.25, 0.3) is 0 Å². The quantitative estimate of drug-likeness (QED) is 0.598. The number of ether oxygens (including phenoxy) is 2. The fourth-order valence-electron chi connectivity index (χ4n) is 1.73. The van der Waals surface area contributed by atoms with Gasteiger partial charge in [-0.05, 0) is 45.8 Å². The lowest BCUT2D eigenvalue weighted by Crippen LogP contribution is -2.00. The molecule has 110 valence electrons. The molecule has 0 aliphatic heterocycles. The molecular formula is C14H11BrFNO4. The molecule has 0 unspecified atom stereocenters. The van der Waals surface area contributed by atoms with Crippen LogP contribution in [0.5, 0.6) is 11.5 Å². The minimum absolute atomic E-state index is 0.0634. The van der Waals surface area contributed by atoms with Gasteiger partial charge in [0.05, 0.1) is 16.5 Å². The third kappa shape index (κ3) is 3.49. The summed E-state index contributed by atoms with van der Waals surface area (Å²) in [5.41, 5.74) is -0.0758. The molecule has 0 spiro atoms. The van der Waals surface area contributed by atoms with Crippen LogP contribution in [0.1, 0.15) is 5.56 Å². The summed E-state index contributed by atoms with van der Waals surface area (Å²) in [7, 11) is 1.51. The van der Waals surface area contributed by atoms with Gasteiger partial charge in [0.1, 0.15) is 6.61 Å². The largest absolute Gasteiger partial charge is 0.493 e. The molecule has 21 heavy (non-hydrogen) atoms. The zero-order chi connectivity index (χ0) is 15.4. The maximum Gasteiger partial charge on any atom is 0.304 e. The number of halogens is 2. The Morgan fingerprint density at radius 2 is 2.10 bits per heavy atom. The number of methoxy groups -OCH3 is 1. The topological polar surface area (TPSA) is 61.6 Å². The Kier molecular flexibility index (Phi) is 4.74. The standard InChI is InChI=1S/C14H11BrFNO4/c1-20-13-4-2-3-10(15)14(13)21-8-9-5-6-12(17(18)19)11(16)7-9/h2-7H,8H2,1H3. The third-order valence-corrected chi connectivity index (χ3v) is 3.37. The SMILES string of the molecule is COc1cccc(Br)c1OCc1ccc([N+](=O)[O-])c(F)c1. The Morgan fingerprint density at radius 1 is 1.33 bits per heavy atom. The molecular weight excluding hydrogens is 345 g/mol. The smallest absolute Gasteiger partial charge is 0.304 e. The van der Waals surface area contributed by atoms with Gasteiger partial charge in [-0.25, -0.2) is 0 Å². The number of hydrogen-bond acceptors (Lipinski definition) is 4. The zero-order valence-electron chi connectivity index (χ0n) is 11.0. The summed E-state index contributed by atoms with van der Waals surface area (Å²) in [6.45, 7) is 0.0634. The average Bonchev–Trinajstić information content (AvgIpc) is 2.45. The van der Waals surface area contributed by atoms with E-state index in [2.05, 4.69) is 15.9 Å². The van der Waals surface area contributed by atoms with E-state index in [0.717, 1.165) is 12.1 Å². The Morgan fingerprint density at radius 3 is 2.71 bits per heavy atom. The van der Waals surface area contributed by atoms with Gasteiger partial charge < -0.3 is 9.47 Å². The third-order valence-electron chi connectivity index (χ3n) is 2.74. The van der Waals surface area contributed by atoms with Crippen LogP contribution in [0.15, 0.2) is 40.9 Å². The number of nitro benzene ring substituents is 1. The molecule has 5 nitrogen and oxygen atoms in total. The van der Waals surface area contributed by atoms with Gasteiger partial charge in [0.2, 0.25) is 5.82 Å². The Bertz CT molecular complexity index is 678. The van der Waals surface area contributed by atoms with E-state index in [1.807, 2.05) is 0 Å². The van der Waals surface area contributed by atoms with Gasteiger partial charge in [-0.15, -0.1) is 0 Å². The van der Waals surface area contributed by atoms with Crippen LogP contribution < -0.4 is 9.47 Å². The molecule has 0 aliphatic carbocycles. The van der Waals surface area contributed by atoms with Crippen molar-refractivity contribution in [2.45, 2.75) is 6.61 Å². The highest BCUT2D eigenvalue weighted by Gasteiger charge is 2.15. The van der Waals surface area contributed by atoms with Crippen LogP contribution in [-0.2, 0) is 6.61 Å². The van der Waals surface area contributed by atoms with Crippen molar-refractivity contribution in [3.05, 3.63) is 62.4 Å². The molecule has 0 heterocycles. The van der Waals surface area contributed by atoms with Crippen LogP contribution in [0, 0.1) is 15.9 Å². The summed E-state index contributed by atoms with van der Waals surface area (Å²) in [4.78, 5) is 9.79. The average molecular weight is 356 g/mol. The highest BCUT2D eigenvalue weighted by molar-refractivity contribution is 9.10. The van der Waals surface area contributed by atoms with E-state index in [1.54, 1.807) is 18.2 Å². The van der Waals surface area contributed by atoms with Gasteiger partial charge in [0.15, 0.2) is 11.5 Å². The number of rotatable bonds is 5. The first-order valence-corrected chi connectivity index (χ1v) is 6.70. The number of nitrogens with zero attached hydrogens (tertiary/aromatic N) is 1. The molecule has 0 saturated carbocycles. The first-order valence-electron chi connectivity index (χ1n) is 5.91. The maximum absolute atomic E-state index is 13.5. The van der Waals surface area contributed by atoms with Crippen molar-refractivity contribution in [2.24, 2.45) is 0 Å². The van der Waals surface area contributed by atoms with Crippen molar-refractivity contribution in [1.29, 1.82) is 0 Å². The van der Waals surface area contributed by atoms with Crippen molar-refractivity contribution in [3.8, 4) is 11.5 Å². The summed E-state index contributed by atoms with van der Waals surface area (Å²) in [5.74, 6) is 0.130. The van der Waals surface area contributed by atoms with E-state index >= 15 is 0 Å². The molecule has 2 aromatic carbocycles. The van der Waals surface area contributed by atoms with E-state index in [-0.39, 0.29) is 6.61 Å². The first-order chi connectivity index (χ1) is 10.0. The van der Waals surface area contributed by atoms with Crippen LogP contribution in [0.25, 0.3) is 0 Å². The van der Waals surface area contributed by atoms with E-state index < -0.39 is 16.4 Å². The molecule has 7 heteroatoms. The molecule has 0 atom stereocenters. The lowest BCUT2D eigenvalue weighted by molar-refractivity contribution is -0.387. The minimum Gasteiger partial charge on any atom is -0.493 e. The fraction of sp³-hybridized carbons (Fsp3) is 0.143. The molecule has 2 aromatic rings. The van der Waals surface area contributed by atoms with Crippen LogP contribution >= 0.6 is 15.9 Å². The van der Waals surface area contributed by atoms with Gasteiger partial charge in [-0.2, -0.15) is 4.39 Å². The van der Waals surface area contributed by atoms with E-state index in [1.165, 1.54) is 13.2 Å². The van der Waals surface area contributed by atoms with Gasteiger partial charge in [-0.1, -0.05) is 6.07 Å². The summed E-state index contributed by atoms with van der Waals surface area (Å²) in [6.07, 6.45) is 0. The lowest BCUT2D eigenvalue weighted by Gasteiger charge is -2.12. The van der Waals surface area contributed by atoms with Crippen molar-refractivity contribution in [3.63, 3.8) is 0 Å². The maximum atomic E-state index is 13.5. The second-order valence-electron chi connectivity index (χ2n) is 4.10. The van der Waals surface area contributed by atoms with Crippen LogP contribution in [-0.4, -0.2) is 12.0 Å². The summed E-state index contributed by atoms with van der Waals surface area (Å²) < 4.78 is 25.0. The van der Waals surface area contributed by atoms with Crippen molar-refractivity contribution >= 4 is 21.6 Å². The molecule has 0 radical (unpaired) electrons. The molecule has 0 aromatic heterocycles. The summed E-state index contributed by atoms with van der Waals surface area (Å²) in [6, 6.07) is 8.96. The Labute approximate surface area is 128 Å². The van der Waals surface area contributed by atoms with E-state index in [0.29, 0.717) is 21.5 Å². The fourth-order valence-corrected chi connectivity index (χ4v) is 2.20. The monoisotopic (exact) mass is 355 g/mol. The number of hydrogen-bond donors (Lipinski definition) is 0. The first kappa shape index (κ1) is 15.2. The van der Waals surface area contributed by atoms with Gasteiger partial charge in [-0.3, -0.25) is 10.1 Å². The molecule has 0 bridgehead atoms. The van der Waals surface area contributed by atoms with Gasteiger partial charge >= 0.3 is 5.69 Å². The van der Waals surface area contributed by atoms with Gasteiger partial charge in [0, 0.05) is 6.07 Å². The van der Waals surface area contributed by atoms with Crippen LogP contribution in [0.4, 0.5) is 10.1 Å². The summed E-state index contributed by atoms with van der Waals surface area (Å²) in [5, 5.41) is 10.6. The Balaban J connectivity index is 2.17.